The first-order valence-electron chi connectivity index (χ1n) is 5.49. The van der Waals surface area contributed by atoms with Gasteiger partial charge in [0.25, 0.3) is 0 Å². The van der Waals surface area contributed by atoms with E-state index in [4.69, 9.17) is 0 Å². The van der Waals surface area contributed by atoms with E-state index >= 15 is 0 Å². The van der Waals surface area contributed by atoms with Gasteiger partial charge in [-0.2, -0.15) is 0 Å². The van der Waals surface area contributed by atoms with Crippen LogP contribution in [-0.2, 0) is 0 Å². The van der Waals surface area contributed by atoms with Crippen LogP contribution in [0.25, 0.3) is 11.0 Å². The number of hydrogen-bond acceptors (Lipinski definition) is 3. The molecular formula is C13H13BrFN3. The van der Waals surface area contributed by atoms with Crippen LogP contribution in [0.5, 0.6) is 0 Å². The number of rotatable bonds is 3. The number of aromatic nitrogens is 2. The van der Waals surface area contributed by atoms with Crippen LogP contribution in [0.1, 0.15) is 12.6 Å². The van der Waals surface area contributed by atoms with Gasteiger partial charge in [0.05, 0.1) is 15.7 Å². The van der Waals surface area contributed by atoms with E-state index in [0.29, 0.717) is 27.9 Å². The molecule has 1 heterocycles. The first kappa shape index (κ1) is 13.0. The summed E-state index contributed by atoms with van der Waals surface area (Å²) in [5, 5.41) is 3.13. The van der Waals surface area contributed by atoms with Gasteiger partial charge in [-0.3, -0.25) is 0 Å². The summed E-state index contributed by atoms with van der Waals surface area (Å²) in [6.45, 7) is 8.22. The van der Waals surface area contributed by atoms with Crippen molar-refractivity contribution in [2.75, 3.05) is 11.9 Å². The topological polar surface area (TPSA) is 37.8 Å². The third-order valence-corrected chi connectivity index (χ3v) is 3.21. The molecule has 5 heteroatoms. The first-order chi connectivity index (χ1) is 8.49. The molecular weight excluding hydrogens is 297 g/mol. The molecule has 0 saturated carbocycles. The zero-order chi connectivity index (χ0) is 13.3. The Hall–Kier alpha value is -1.49. The predicted octanol–water partition coefficient (Wildman–Crippen LogP) is 3.83. The molecule has 0 atom stereocenters. The fraction of sp³-hybridized carbons (Fsp3) is 0.231. The molecule has 18 heavy (non-hydrogen) atoms. The maximum atomic E-state index is 13.4. The first-order valence-corrected chi connectivity index (χ1v) is 6.29. The highest BCUT2D eigenvalue weighted by Crippen LogP contribution is 2.26. The summed E-state index contributed by atoms with van der Waals surface area (Å²) in [6, 6.07) is 3.00. The number of nitrogens with one attached hydrogen (secondary N) is 1. The van der Waals surface area contributed by atoms with Crippen LogP contribution in [0, 0.1) is 12.7 Å². The summed E-state index contributed by atoms with van der Waals surface area (Å²) in [5.74, 6) is 0.309. The molecule has 94 valence electrons. The van der Waals surface area contributed by atoms with Gasteiger partial charge >= 0.3 is 0 Å². The van der Waals surface area contributed by atoms with Gasteiger partial charge in [-0.05, 0) is 41.9 Å². The zero-order valence-electron chi connectivity index (χ0n) is 10.2. The fourth-order valence-electron chi connectivity index (χ4n) is 1.55. The Bertz CT molecular complexity index is 625. The van der Waals surface area contributed by atoms with Gasteiger partial charge < -0.3 is 5.32 Å². The second kappa shape index (κ2) is 5.02. The van der Waals surface area contributed by atoms with Crippen molar-refractivity contribution in [2.24, 2.45) is 0 Å². The summed E-state index contributed by atoms with van der Waals surface area (Å²) in [4.78, 5) is 8.81. The Kier molecular flexibility index (Phi) is 3.61. The van der Waals surface area contributed by atoms with Gasteiger partial charge in [-0.15, -0.1) is 0 Å². The van der Waals surface area contributed by atoms with Crippen molar-refractivity contribution in [3.63, 3.8) is 0 Å². The summed E-state index contributed by atoms with van der Waals surface area (Å²) in [6.07, 6.45) is 0. The molecule has 1 N–H and O–H groups in total. The van der Waals surface area contributed by atoms with E-state index in [-0.39, 0.29) is 5.82 Å². The molecule has 0 aliphatic carbocycles. The van der Waals surface area contributed by atoms with Gasteiger partial charge in [-0.25, -0.2) is 14.4 Å². The van der Waals surface area contributed by atoms with E-state index in [1.807, 2.05) is 13.8 Å². The van der Waals surface area contributed by atoms with Gasteiger partial charge in [-0.1, -0.05) is 12.2 Å². The second-order valence-corrected chi connectivity index (χ2v) is 4.99. The molecule has 0 radical (unpaired) electrons. The Balaban J connectivity index is 2.52. The van der Waals surface area contributed by atoms with Gasteiger partial charge in [0, 0.05) is 6.54 Å². The van der Waals surface area contributed by atoms with Crippen LogP contribution in [-0.4, -0.2) is 16.5 Å². The number of hydrogen-bond donors (Lipinski definition) is 1. The van der Waals surface area contributed by atoms with Crippen LogP contribution in [0.3, 0.4) is 0 Å². The molecule has 3 nitrogen and oxygen atoms in total. The minimum atomic E-state index is -0.341. The van der Waals surface area contributed by atoms with E-state index in [0.717, 1.165) is 11.3 Å². The summed E-state index contributed by atoms with van der Waals surface area (Å²) < 4.78 is 13.8. The zero-order valence-corrected chi connectivity index (χ0v) is 11.8. The Morgan fingerprint density at radius 3 is 2.83 bits per heavy atom. The smallest absolute Gasteiger partial charge is 0.148 e. The Morgan fingerprint density at radius 1 is 1.44 bits per heavy atom. The summed E-state index contributed by atoms with van der Waals surface area (Å²) in [5.41, 5.74) is 2.96. The van der Waals surface area contributed by atoms with Gasteiger partial charge in [0.2, 0.25) is 0 Å². The minimum absolute atomic E-state index is 0.339. The SMILES string of the molecule is C=C(C)CNc1nc2c(Br)c(F)ccc2nc1C. The van der Waals surface area contributed by atoms with E-state index in [2.05, 4.69) is 37.8 Å². The number of aryl methyl sites for hydroxylation is 1. The average molecular weight is 310 g/mol. The average Bonchev–Trinajstić information content (AvgIpc) is 2.32. The van der Waals surface area contributed by atoms with Crippen molar-refractivity contribution in [3.05, 3.63) is 40.3 Å². The lowest BCUT2D eigenvalue weighted by atomic mass is 10.2. The molecule has 1 aromatic heterocycles. The molecule has 0 saturated heterocycles. The number of fused-ring (bicyclic) bond motifs is 1. The molecule has 0 aliphatic heterocycles. The van der Waals surface area contributed by atoms with E-state index in [9.17, 15) is 4.39 Å². The molecule has 2 aromatic rings. The highest BCUT2D eigenvalue weighted by molar-refractivity contribution is 9.10. The van der Waals surface area contributed by atoms with Crippen LogP contribution in [0.2, 0.25) is 0 Å². The van der Waals surface area contributed by atoms with Crippen molar-refractivity contribution < 1.29 is 4.39 Å². The maximum Gasteiger partial charge on any atom is 0.148 e. The third kappa shape index (κ3) is 2.51. The third-order valence-electron chi connectivity index (χ3n) is 2.46. The van der Waals surface area contributed by atoms with Crippen molar-refractivity contribution in [2.45, 2.75) is 13.8 Å². The van der Waals surface area contributed by atoms with E-state index < -0.39 is 0 Å². The fourth-order valence-corrected chi connectivity index (χ4v) is 1.98. The van der Waals surface area contributed by atoms with Crippen molar-refractivity contribution >= 4 is 32.8 Å². The van der Waals surface area contributed by atoms with Gasteiger partial charge in [0.1, 0.15) is 17.2 Å². The summed E-state index contributed by atoms with van der Waals surface area (Å²) >= 11 is 3.20. The van der Waals surface area contributed by atoms with Gasteiger partial charge in [0.15, 0.2) is 0 Å². The van der Waals surface area contributed by atoms with E-state index in [1.54, 1.807) is 6.07 Å². The molecule has 2 rings (SSSR count). The highest BCUT2D eigenvalue weighted by Gasteiger charge is 2.10. The molecule has 0 spiro atoms. The lowest BCUT2D eigenvalue weighted by molar-refractivity contribution is 0.623. The molecule has 1 aromatic carbocycles. The monoisotopic (exact) mass is 309 g/mol. The number of anilines is 1. The van der Waals surface area contributed by atoms with Crippen molar-refractivity contribution in [1.29, 1.82) is 0 Å². The standard InChI is InChI=1S/C13H13BrFN3/c1-7(2)6-16-13-8(3)17-10-5-4-9(15)11(14)12(10)18-13/h4-5H,1,6H2,2-3H3,(H,16,18). The molecule has 0 amide bonds. The van der Waals surface area contributed by atoms with E-state index in [1.165, 1.54) is 6.07 Å². The number of nitrogens with zero attached hydrogens (tertiary/aromatic N) is 2. The second-order valence-electron chi connectivity index (χ2n) is 4.20. The van der Waals surface area contributed by atoms with Crippen LogP contribution in [0.4, 0.5) is 10.2 Å². The number of benzene rings is 1. The number of halogens is 2. The summed E-state index contributed by atoms with van der Waals surface area (Å²) in [7, 11) is 0. The lowest BCUT2D eigenvalue weighted by Gasteiger charge is -2.10. The Morgan fingerprint density at radius 2 is 2.17 bits per heavy atom. The highest BCUT2D eigenvalue weighted by atomic mass is 79.9. The largest absolute Gasteiger partial charge is 0.365 e. The molecule has 0 fully saturated rings. The Labute approximate surface area is 113 Å². The molecule has 0 aliphatic rings. The van der Waals surface area contributed by atoms with Crippen LogP contribution >= 0.6 is 15.9 Å². The maximum absolute atomic E-state index is 13.4. The van der Waals surface area contributed by atoms with Crippen molar-refractivity contribution in [1.82, 2.24) is 9.97 Å². The normalized spacial score (nSPS) is 10.7. The van der Waals surface area contributed by atoms with Crippen LogP contribution < -0.4 is 5.32 Å². The molecule has 0 bridgehead atoms. The van der Waals surface area contributed by atoms with Crippen molar-refractivity contribution in [3.8, 4) is 0 Å². The minimum Gasteiger partial charge on any atom is -0.365 e. The molecule has 0 unspecified atom stereocenters. The lowest BCUT2D eigenvalue weighted by Crippen LogP contribution is -2.07. The predicted molar refractivity (Wildman–Crippen MR) is 75.2 cm³/mol. The van der Waals surface area contributed by atoms with Crippen LogP contribution in [0.15, 0.2) is 28.8 Å². The quantitative estimate of drug-likeness (QED) is 0.876.